The van der Waals surface area contributed by atoms with Gasteiger partial charge in [0.1, 0.15) is 5.75 Å². The summed E-state index contributed by atoms with van der Waals surface area (Å²) in [5, 5.41) is 4.67. The second-order valence-electron chi connectivity index (χ2n) is 6.16. The molecular weight excluding hydrogens is 268 g/mol. The van der Waals surface area contributed by atoms with E-state index in [0.717, 1.165) is 16.4 Å². The molecule has 1 atom stereocenters. The van der Waals surface area contributed by atoms with E-state index in [1.54, 1.807) is 11.3 Å². The molecular formula is C16H22N2OS. The van der Waals surface area contributed by atoms with E-state index >= 15 is 0 Å². The summed E-state index contributed by atoms with van der Waals surface area (Å²) in [5.74, 6) is 0.927. The molecule has 108 valence electrons. The van der Waals surface area contributed by atoms with Gasteiger partial charge in [0.05, 0.1) is 16.8 Å². The van der Waals surface area contributed by atoms with Gasteiger partial charge in [-0.25, -0.2) is 4.98 Å². The smallest absolute Gasteiger partial charge is 0.184 e. The summed E-state index contributed by atoms with van der Waals surface area (Å²) in [4.78, 5) is 4.69. The van der Waals surface area contributed by atoms with Crippen LogP contribution in [0.5, 0.6) is 5.75 Å². The normalized spacial score (nSPS) is 21.2. The summed E-state index contributed by atoms with van der Waals surface area (Å²) in [6.07, 6.45) is 3.85. The first kappa shape index (κ1) is 13.7. The van der Waals surface area contributed by atoms with Gasteiger partial charge in [-0.05, 0) is 43.4 Å². The molecule has 1 N–H and O–H groups in total. The van der Waals surface area contributed by atoms with E-state index in [9.17, 15) is 0 Å². The monoisotopic (exact) mass is 290 g/mol. The van der Waals surface area contributed by atoms with Crippen LogP contribution < -0.4 is 10.1 Å². The van der Waals surface area contributed by atoms with Gasteiger partial charge in [-0.15, -0.1) is 0 Å². The Morgan fingerprint density at radius 2 is 2.30 bits per heavy atom. The van der Waals surface area contributed by atoms with Gasteiger partial charge in [0.15, 0.2) is 5.13 Å². The highest BCUT2D eigenvalue weighted by Gasteiger charge is 2.34. The summed E-state index contributed by atoms with van der Waals surface area (Å²) >= 11 is 1.72. The van der Waals surface area contributed by atoms with Gasteiger partial charge in [0.25, 0.3) is 0 Å². The zero-order chi connectivity index (χ0) is 14.2. The second kappa shape index (κ2) is 5.24. The Hall–Kier alpha value is -1.29. The van der Waals surface area contributed by atoms with Crippen LogP contribution in [0.25, 0.3) is 10.2 Å². The molecule has 0 radical (unpaired) electrons. The van der Waals surface area contributed by atoms with E-state index in [-0.39, 0.29) is 0 Å². The van der Waals surface area contributed by atoms with E-state index in [0.29, 0.717) is 18.1 Å². The molecule has 0 bridgehead atoms. The molecule has 1 aromatic carbocycles. The molecule has 1 aliphatic carbocycles. The zero-order valence-electron chi connectivity index (χ0n) is 12.4. The van der Waals surface area contributed by atoms with E-state index in [2.05, 4.69) is 25.2 Å². The van der Waals surface area contributed by atoms with Crippen LogP contribution >= 0.6 is 11.3 Å². The number of hydrogen-bond acceptors (Lipinski definition) is 4. The minimum absolute atomic E-state index is 0.369. The van der Waals surface area contributed by atoms with Crippen LogP contribution in [0.15, 0.2) is 18.2 Å². The summed E-state index contributed by atoms with van der Waals surface area (Å²) in [6.45, 7) is 7.40. The van der Waals surface area contributed by atoms with Crippen molar-refractivity contribution in [3.05, 3.63) is 18.2 Å². The zero-order valence-corrected chi connectivity index (χ0v) is 13.2. The second-order valence-corrected chi connectivity index (χ2v) is 7.19. The van der Waals surface area contributed by atoms with Crippen molar-refractivity contribution in [2.45, 2.75) is 46.1 Å². The Bertz CT molecular complexity index is 606. The molecule has 1 aliphatic rings. The third-order valence-electron chi connectivity index (χ3n) is 4.23. The van der Waals surface area contributed by atoms with Crippen LogP contribution in [0.4, 0.5) is 5.13 Å². The summed E-state index contributed by atoms with van der Waals surface area (Å²) < 4.78 is 6.74. The van der Waals surface area contributed by atoms with Crippen molar-refractivity contribution in [2.75, 3.05) is 11.9 Å². The quantitative estimate of drug-likeness (QED) is 0.887. The molecule has 3 nitrogen and oxygen atoms in total. The maximum Gasteiger partial charge on any atom is 0.184 e. The van der Waals surface area contributed by atoms with Crippen molar-refractivity contribution in [1.82, 2.24) is 4.98 Å². The Morgan fingerprint density at radius 3 is 3.00 bits per heavy atom. The molecule has 0 amide bonds. The van der Waals surface area contributed by atoms with E-state index in [1.165, 1.54) is 24.0 Å². The van der Waals surface area contributed by atoms with Crippen molar-refractivity contribution in [3.63, 3.8) is 0 Å². The van der Waals surface area contributed by atoms with E-state index < -0.39 is 0 Å². The SMILES string of the molecule is CCOc1ccc2nc(NC3CCCC3(C)C)sc2c1. The number of nitrogens with zero attached hydrogens (tertiary/aromatic N) is 1. The van der Waals surface area contributed by atoms with Gasteiger partial charge in [0, 0.05) is 6.04 Å². The lowest BCUT2D eigenvalue weighted by molar-refractivity contribution is 0.341. The standard InChI is InChI=1S/C16H22N2OS/c1-4-19-11-7-8-12-13(10-11)20-15(17-12)18-14-6-5-9-16(14,2)3/h7-8,10,14H,4-6,9H2,1-3H3,(H,17,18). The average Bonchev–Trinajstić information content (AvgIpc) is 2.93. The fraction of sp³-hybridized carbons (Fsp3) is 0.562. The molecule has 1 unspecified atom stereocenters. The Kier molecular flexibility index (Phi) is 3.59. The minimum Gasteiger partial charge on any atom is -0.494 e. The highest BCUT2D eigenvalue weighted by atomic mass is 32.1. The summed E-state index contributed by atoms with van der Waals surface area (Å²) in [5.41, 5.74) is 1.42. The molecule has 3 rings (SSSR count). The lowest BCUT2D eigenvalue weighted by Crippen LogP contribution is -2.30. The molecule has 1 heterocycles. The molecule has 1 saturated carbocycles. The number of ether oxygens (including phenoxy) is 1. The average molecular weight is 290 g/mol. The van der Waals surface area contributed by atoms with Gasteiger partial charge in [0.2, 0.25) is 0 Å². The van der Waals surface area contributed by atoms with Crippen molar-refractivity contribution in [3.8, 4) is 5.75 Å². The highest BCUT2D eigenvalue weighted by molar-refractivity contribution is 7.22. The predicted octanol–water partition coefficient (Wildman–Crippen LogP) is 4.69. The van der Waals surface area contributed by atoms with Gasteiger partial charge < -0.3 is 10.1 Å². The maximum absolute atomic E-state index is 5.55. The molecule has 0 spiro atoms. The number of nitrogens with one attached hydrogen (secondary N) is 1. The minimum atomic E-state index is 0.369. The highest BCUT2D eigenvalue weighted by Crippen LogP contribution is 2.40. The van der Waals surface area contributed by atoms with Crippen LogP contribution in [0, 0.1) is 5.41 Å². The van der Waals surface area contributed by atoms with Crippen LogP contribution in [0.2, 0.25) is 0 Å². The number of hydrogen-bond donors (Lipinski definition) is 1. The first-order valence-corrected chi connectivity index (χ1v) is 8.20. The molecule has 1 fully saturated rings. The number of benzene rings is 1. The topological polar surface area (TPSA) is 34.1 Å². The molecule has 1 aromatic heterocycles. The summed E-state index contributed by atoms with van der Waals surface area (Å²) in [7, 11) is 0. The van der Waals surface area contributed by atoms with Gasteiger partial charge in [-0.2, -0.15) is 0 Å². The van der Waals surface area contributed by atoms with Gasteiger partial charge in [-0.1, -0.05) is 31.6 Å². The van der Waals surface area contributed by atoms with Gasteiger partial charge >= 0.3 is 0 Å². The first-order chi connectivity index (χ1) is 9.58. The number of rotatable bonds is 4. The molecule has 20 heavy (non-hydrogen) atoms. The van der Waals surface area contributed by atoms with Crippen LogP contribution in [-0.2, 0) is 0 Å². The molecule has 0 aliphatic heterocycles. The van der Waals surface area contributed by atoms with Crippen LogP contribution in [0.1, 0.15) is 40.0 Å². The third-order valence-corrected chi connectivity index (χ3v) is 5.18. The number of anilines is 1. The first-order valence-electron chi connectivity index (χ1n) is 7.38. The molecule has 2 aromatic rings. The fourth-order valence-corrected chi connectivity index (χ4v) is 3.91. The number of thiazole rings is 1. The summed E-state index contributed by atoms with van der Waals surface area (Å²) in [6, 6.07) is 6.66. The van der Waals surface area contributed by atoms with Crippen molar-refractivity contribution < 1.29 is 4.74 Å². The van der Waals surface area contributed by atoms with Crippen LogP contribution in [0.3, 0.4) is 0 Å². The van der Waals surface area contributed by atoms with Crippen molar-refractivity contribution >= 4 is 26.7 Å². The number of fused-ring (bicyclic) bond motifs is 1. The van der Waals surface area contributed by atoms with Gasteiger partial charge in [-0.3, -0.25) is 0 Å². The predicted molar refractivity (Wildman–Crippen MR) is 85.8 cm³/mol. The third kappa shape index (κ3) is 2.62. The van der Waals surface area contributed by atoms with Crippen LogP contribution in [-0.4, -0.2) is 17.6 Å². The Balaban J connectivity index is 1.82. The van der Waals surface area contributed by atoms with Crippen molar-refractivity contribution in [2.24, 2.45) is 5.41 Å². The largest absolute Gasteiger partial charge is 0.494 e. The molecule has 0 saturated heterocycles. The van der Waals surface area contributed by atoms with E-state index in [1.807, 2.05) is 19.1 Å². The fourth-order valence-electron chi connectivity index (χ4n) is 2.97. The Labute approximate surface area is 124 Å². The van der Waals surface area contributed by atoms with E-state index in [4.69, 9.17) is 9.72 Å². The van der Waals surface area contributed by atoms with Crippen molar-refractivity contribution in [1.29, 1.82) is 0 Å². The molecule has 4 heteroatoms. The Morgan fingerprint density at radius 1 is 1.45 bits per heavy atom. The lowest BCUT2D eigenvalue weighted by atomic mass is 9.87. The maximum atomic E-state index is 5.55. The lowest BCUT2D eigenvalue weighted by Gasteiger charge is -2.27. The number of aromatic nitrogens is 1.